The Bertz CT molecular complexity index is 404. The molecule has 1 aliphatic heterocycles. The van der Waals surface area contributed by atoms with Gasteiger partial charge in [-0.2, -0.15) is 0 Å². The number of nitrogens with zero attached hydrogens (tertiary/aromatic N) is 1. The molecule has 2 rings (SSSR count). The number of hydrogen-bond acceptors (Lipinski definition) is 2. The predicted molar refractivity (Wildman–Crippen MR) is 64.4 cm³/mol. The van der Waals surface area contributed by atoms with Crippen LogP contribution in [0.3, 0.4) is 0 Å². The van der Waals surface area contributed by atoms with E-state index in [0.717, 1.165) is 24.4 Å². The molecule has 1 N–H and O–H groups in total. The Morgan fingerprint density at radius 2 is 2.25 bits per heavy atom. The van der Waals surface area contributed by atoms with Gasteiger partial charge < -0.3 is 5.32 Å². The molecule has 0 aromatic heterocycles. The second-order valence-corrected chi connectivity index (χ2v) is 4.29. The summed E-state index contributed by atoms with van der Waals surface area (Å²) in [5, 5.41) is 3.42. The number of benzene rings is 1. The molecule has 1 heterocycles. The lowest BCUT2D eigenvalue weighted by molar-refractivity contribution is 0.627. The lowest BCUT2D eigenvalue weighted by atomic mass is 10.1. The van der Waals surface area contributed by atoms with E-state index in [1.165, 1.54) is 18.9 Å². The summed E-state index contributed by atoms with van der Waals surface area (Å²) in [6, 6.07) is 4.77. The highest BCUT2D eigenvalue weighted by atomic mass is 35.5. The number of aliphatic imine (C=N–C) groups is 1. The van der Waals surface area contributed by atoms with Crippen molar-refractivity contribution in [1.82, 2.24) is 5.32 Å². The monoisotopic (exact) mass is 240 g/mol. The third kappa shape index (κ3) is 2.95. The van der Waals surface area contributed by atoms with Crippen LogP contribution in [0.5, 0.6) is 0 Å². The molecule has 0 bridgehead atoms. The molecule has 1 aromatic rings. The van der Waals surface area contributed by atoms with Crippen molar-refractivity contribution in [1.29, 1.82) is 0 Å². The summed E-state index contributed by atoms with van der Waals surface area (Å²) < 4.78 is 12.9. The topological polar surface area (TPSA) is 24.4 Å². The van der Waals surface area contributed by atoms with E-state index in [1.807, 2.05) is 0 Å². The van der Waals surface area contributed by atoms with Gasteiger partial charge in [-0.3, -0.25) is 4.99 Å². The average Bonchev–Trinajstić information content (AvgIpc) is 2.32. The lowest BCUT2D eigenvalue weighted by Crippen LogP contribution is -2.25. The van der Waals surface area contributed by atoms with Crippen molar-refractivity contribution >= 4 is 17.4 Å². The van der Waals surface area contributed by atoms with Crippen LogP contribution >= 0.6 is 11.6 Å². The second-order valence-electron chi connectivity index (χ2n) is 3.89. The molecule has 0 saturated carbocycles. The molecule has 16 heavy (non-hydrogen) atoms. The highest BCUT2D eigenvalue weighted by molar-refractivity contribution is 6.30. The van der Waals surface area contributed by atoms with E-state index in [2.05, 4.69) is 10.3 Å². The van der Waals surface area contributed by atoms with Crippen LogP contribution in [0.25, 0.3) is 0 Å². The van der Waals surface area contributed by atoms with Gasteiger partial charge in [0, 0.05) is 19.5 Å². The minimum Gasteiger partial charge on any atom is -0.370 e. The lowest BCUT2D eigenvalue weighted by Gasteiger charge is -2.14. The van der Waals surface area contributed by atoms with Gasteiger partial charge in [0.25, 0.3) is 0 Å². The summed E-state index contributed by atoms with van der Waals surface area (Å²) in [5.41, 5.74) is 0.972. The van der Waals surface area contributed by atoms with Crippen molar-refractivity contribution in [3.05, 3.63) is 34.6 Å². The quantitative estimate of drug-likeness (QED) is 0.844. The molecule has 1 aliphatic rings. The van der Waals surface area contributed by atoms with Crippen LogP contribution in [-0.4, -0.2) is 12.4 Å². The third-order valence-corrected chi connectivity index (χ3v) is 2.89. The highest BCUT2D eigenvalue weighted by Crippen LogP contribution is 2.16. The van der Waals surface area contributed by atoms with Gasteiger partial charge in [0.1, 0.15) is 5.82 Å². The molecule has 0 spiro atoms. The zero-order valence-electron chi connectivity index (χ0n) is 8.97. The number of rotatable bonds is 2. The van der Waals surface area contributed by atoms with E-state index in [4.69, 9.17) is 11.6 Å². The predicted octanol–water partition coefficient (Wildman–Crippen LogP) is 3.15. The average molecular weight is 241 g/mol. The molecular formula is C12H14ClFN2. The Labute approximate surface area is 99.5 Å². The SMILES string of the molecule is Fc1ccc(CNC2=NCCCC2)cc1Cl. The van der Waals surface area contributed by atoms with E-state index in [0.29, 0.717) is 6.54 Å². The van der Waals surface area contributed by atoms with Crippen molar-refractivity contribution in [2.24, 2.45) is 4.99 Å². The van der Waals surface area contributed by atoms with Crippen LogP contribution in [0, 0.1) is 5.82 Å². The van der Waals surface area contributed by atoms with E-state index >= 15 is 0 Å². The summed E-state index contributed by atoms with van der Waals surface area (Å²) in [6.45, 7) is 1.56. The first-order chi connectivity index (χ1) is 7.75. The van der Waals surface area contributed by atoms with Crippen LogP contribution in [-0.2, 0) is 6.54 Å². The number of amidine groups is 1. The van der Waals surface area contributed by atoms with Gasteiger partial charge in [-0.1, -0.05) is 17.7 Å². The Hall–Kier alpha value is -1.09. The Balaban J connectivity index is 1.94. The summed E-state index contributed by atoms with van der Waals surface area (Å²) in [5.74, 6) is 0.673. The maximum absolute atomic E-state index is 12.9. The van der Waals surface area contributed by atoms with Gasteiger partial charge in [0.15, 0.2) is 0 Å². The van der Waals surface area contributed by atoms with Crippen molar-refractivity contribution in [2.45, 2.75) is 25.8 Å². The van der Waals surface area contributed by atoms with Crippen LogP contribution in [0.1, 0.15) is 24.8 Å². The van der Waals surface area contributed by atoms with E-state index in [-0.39, 0.29) is 10.8 Å². The zero-order valence-corrected chi connectivity index (χ0v) is 9.73. The van der Waals surface area contributed by atoms with Gasteiger partial charge in [-0.25, -0.2) is 4.39 Å². The standard InChI is InChI=1S/C12H14ClFN2/c13-10-7-9(4-5-11(10)14)8-16-12-3-1-2-6-15-12/h4-5,7H,1-3,6,8H2,(H,15,16). The van der Waals surface area contributed by atoms with Crippen molar-refractivity contribution in [3.63, 3.8) is 0 Å². The number of halogens is 2. The second kappa shape index (κ2) is 5.30. The van der Waals surface area contributed by atoms with Crippen LogP contribution in [0.2, 0.25) is 5.02 Å². The fourth-order valence-corrected chi connectivity index (χ4v) is 1.90. The molecule has 86 valence electrons. The Morgan fingerprint density at radius 3 is 2.94 bits per heavy atom. The Morgan fingerprint density at radius 1 is 1.38 bits per heavy atom. The Kier molecular flexibility index (Phi) is 3.78. The highest BCUT2D eigenvalue weighted by Gasteiger charge is 2.05. The summed E-state index contributed by atoms with van der Waals surface area (Å²) in [6.07, 6.45) is 3.37. The van der Waals surface area contributed by atoms with Crippen LogP contribution < -0.4 is 5.32 Å². The minimum atomic E-state index is -0.375. The summed E-state index contributed by atoms with van der Waals surface area (Å²) >= 11 is 5.70. The maximum atomic E-state index is 12.9. The first-order valence-corrected chi connectivity index (χ1v) is 5.84. The fraction of sp³-hybridized carbons (Fsp3) is 0.417. The molecule has 0 atom stereocenters. The summed E-state index contributed by atoms with van der Waals surface area (Å²) in [4.78, 5) is 4.38. The zero-order chi connectivity index (χ0) is 11.4. The van der Waals surface area contributed by atoms with Gasteiger partial charge in [-0.15, -0.1) is 0 Å². The van der Waals surface area contributed by atoms with Gasteiger partial charge in [-0.05, 0) is 30.5 Å². The van der Waals surface area contributed by atoms with Crippen molar-refractivity contribution in [3.8, 4) is 0 Å². The van der Waals surface area contributed by atoms with Gasteiger partial charge in [0.05, 0.1) is 10.9 Å². The molecule has 2 nitrogen and oxygen atoms in total. The largest absolute Gasteiger partial charge is 0.370 e. The molecular weight excluding hydrogens is 227 g/mol. The number of hydrogen-bond donors (Lipinski definition) is 1. The molecule has 4 heteroatoms. The van der Waals surface area contributed by atoms with Crippen molar-refractivity contribution < 1.29 is 4.39 Å². The molecule has 0 unspecified atom stereocenters. The molecule has 1 aromatic carbocycles. The molecule has 0 fully saturated rings. The van der Waals surface area contributed by atoms with E-state index in [1.54, 1.807) is 12.1 Å². The molecule has 0 aliphatic carbocycles. The van der Waals surface area contributed by atoms with Crippen molar-refractivity contribution in [2.75, 3.05) is 6.54 Å². The number of nitrogens with one attached hydrogen (secondary N) is 1. The first-order valence-electron chi connectivity index (χ1n) is 5.47. The first kappa shape index (κ1) is 11.4. The minimum absolute atomic E-state index is 0.171. The smallest absolute Gasteiger partial charge is 0.141 e. The third-order valence-electron chi connectivity index (χ3n) is 2.60. The molecule has 0 radical (unpaired) electrons. The molecule has 0 amide bonds. The van der Waals surface area contributed by atoms with Crippen LogP contribution in [0.4, 0.5) is 4.39 Å². The van der Waals surface area contributed by atoms with E-state index in [9.17, 15) is 4.39 Å². The van der Waals surface area contributed by atoms with Gasteiger partial charge >= 0.3 is 0 Å². The van der Waals surface area contributed by atoms with E-state index < -0.39 is 0 Å². The normalized spacial score (nSPS) is 15.8. The fourth-order valence-electron chi connectivity index (χ4n) is 1.70. The van der Waals surface area contributed by atoms with Crippen LogP contribution in [0.15, 0.2) is 23.2 Å². The van der Waals surface area contributed by atoms with Gasteiger partial charge in [0.2, 0.25) is 0 Å². The molecule has 0 saturated heterocycles. The summed E-state index contributed by atoms with van der Waals surface area (Å²) in [7, 11) is 0. The maximum Gasteiger partial charge on any atom is 0.141 e.